The molecular formula is C27H28N2O4S. The molecule has 3 aromatic rings. The zero-order chi connectivity index (χ0) is 24.7. The molecule has 0 radical (unpaired) electrons. The molecule has 0 fully saturated rings. The number of nitrogens with one attached hydrogen (secondary N) is 2. The summed E-state index contributed by atoms with van der Waals surface area (Å²) < 4.78 is 5.23. The Morgan fingerprint density at radius 3 is 1.91 bits per heavy atom. The fourth-order valence-corrected chi connectivity index (χ4v) is 4.23. The summed E-state index contributed by atoms with van der Waals surface area (Å²) >= 11 is 1.24. The number of carbonyl (C=O) groups is 3. The number of carbonyl (C=O) groups excluding carboxylic acids is 3. The molecule has 0 heterocycles. The Morgan fingerprint density at radius 2 is 1.32 bits per heavy atom. The summed E-state index contributed by atoms with van der Waals surface area (Å²) in [5.74, 6) is -1.08. The van der Waals surface area contributed by atoms with E-state index in [2.05, 4.69) is 10.6 Å². The quantitative estimate of drug-likeness (QED) is 0.334. The Labute approximate surface area is 204 Å². The van der Waals surface area contributed by atoms with Gasteiger partial charge in [0.25, 0.3) is 5.91 Å². The highest BCUT2D eigenvalue weighted by Crippen LogP contribution is 2.24. The maximum Gasteiger partial charge on any atom is 0.339 e. The molecule has 0 unspecified atom stereocenters. The number of hydrogen-bond donors (Lipinski definition) is 2. The van der Waals surface area contributed by atoms with Gasteiger partial charge in [-0.2, -0.15) is 0 Å². The predicted molar refractivity (Wildman–Crippen MR) is 137 cm³/mol. The van der Waals surface area contributed by atoms with E-state index in [1.807, 2.05) is 64.1 Å². The molecular weight excluding hydrogens is 448 g/mol. The van der Waals surface area contributed by atoms with Gasteiger partial charge >= 0.3 is 5.97 Å². The first-order valence-electron chi connectivity index (χ1n) is 10.9. The summed E-state index contributed by atoms with van der Waals surface area (Å²) in [5.41, 5.74) is 5.89. The highest BCUT2D eigenvalue weighted by atomic mass is 32.2. The van der Waals surface area contributed by atoms with Gasteiger partial charge in [0.05, 0.1) is 11.3 Å². The number of hydrogen-bond acceptors (Lipinski definition) is 5. The van der Waals surface area contributed by atoms with Gasteiger partial charge in [0.2, 0.25) is 5.91 Å². The van der Waals surface area contributed by atoms with Crippen molar-refractivity contribution >= 4 is 40.9 Å². The maximum atomic E-state index is 12.6. The van der Waals surface area contributed by atoms with Gasteiger partial charge in [-0.05, 0) is 63.1 Å². The van der Waals surface area contributed by atoms with Crippen molar-refractivity contribution in [3.05, 3.63) is 88.5 Å². The number of amides is 2. The summed E-state index contributed by atoms with van der Waals surface area (Å²) in [5, 5.41) is 5.65. The Hall–Kier alpha value is -3.58. The van der Waals surface area contributed by atoms with Crippen molar-refractivity contribution in [3.63, 3.8) is 0 Å². The van der Waals surface area contributed by atoms with Crippen LogP contribution >= 0.6 is 11.8 Å². The van der Waals surface area contributed by atoms with Gasteiger partial charge in [0, 0.05) is 16.3 Å². The fourth-order valence-electron chi connectivity index (χ4n) is 3.39. The third kappa shape index (κ3) is 6.96. The molecule has 176 valence electrons. The summed E-state index contributed by atoms with van der Waals surface area (Å²) in [6.45, 7) is 7.41. The molecule has 0 saturated heterocycles. The first kappa shape index (κ1) is 25.1. The number of rotatable bonds is 8. The third-order valence-corrected chi connectivity index (χ3v) is 6.19. The van der Waals surface area contributed by atoms with Crippen molar-refractivity contribution in [1.82, 2.24) is 0 Å². The first-order chi connectivity index (χ1) is 16.2. The second-order valence-electron chi connectivity index (χ2n) is 8.09. The average Bonchev–Trinajstić information content (AvgIpc) is 2.80. The number of esters is 1. The smallest absolute Gasteiger partial charge is 0.339 e. The van der Waals surface area contributed by atoms with Crippen LogP contribution in [0.2, 0.25) is 0 Å². The molecule has 0 spiro atoms. The minimum absolute atomic E-state index is 0.130. The van der Waals surface area contributed by atoms with Crippen LogP contribution < -0.4 is 10.6 Å². The molecule has 0 aliphatic rings. The van der Waals surface area contributed by atoms with Crippen LogP contribution in [0.3, 0.4) is 0 Å². The third-order valence-electron chi connectivity index (χ3n) is 5.11. The molecule has 0 bridgehead atoms. The van der Waals surface area contributed by atoms with Gasteiger partial charge in [-0.15, -0.1) is 11.8 Å². The zero-order valence-electron chi connectivity index (χ0n) is 19.7. The molecule has 34 heavy (non-hydrogen) atoms. The van der Waals surface area contributed by atoms with E-state index in [0.717, 1.165) is 27.9 Å². The number of anilines is 2. The van der Waals surface area contributed by atoms with Crippen LogP contribution in [0, 0.1) is 27.7 Å². The lowest BCUT2D eigenvalue weighted by atomic mass is 10.1. The Bertz CT molecular complexity index is 1220. The molecule has 2 amide bonds. The lowest BCUT2D eigenvalue weighted by molar-refractivity contribution is -0.119. The van der Waals surface area contributed by atoms with E-state index in [0.29, 0.717) is 16.1 Å². The monoisotopic (exact) mass is 476 g/mol. The minimum Gasteiger partial charge on any atom is -0.452 e. The van der Waals surface area contributed by atoms with E-state index >= 15 is 0 Å². The van der Waals surface area contributed by atoms with E-state index in [-0.39, 0.29) is 11.7 Å². The van der Waals surface area contributed by atoms with Crippen LogP contribution in [0.25, 0.3) is 0 Å². The Balaban J connectivity index is 1.55. The van der Waals surface area contributed by atoms with Crippen molar-refractivity contribution < 1.29 is 19.1 Å². The van der Waals surface area contributed by atoms with Gasteiger partial charge in [-0.25, -0.2) is 4.79 Å². The van der Waals surface area contributed by atoms with Crippen molar-refractivity contribution in [2.75, 3.05) is 23.0 Å². The van der Waals surface area contributed by atoms with Crippen LogP contribution in [0.5, 0.6) is 0 Å². The second-order valence-corrected chi connectivity index (χ2v) is 9.11. The second kappa shape index (κ2) is 11.5. The molecule has 0 saturated carbocycles. The molecule has 0 aromatic heterocycles. The van der Waals surface area contributed by atoms with Crippen LogP contribution in [0.1, 0.15) is 32.6 Å². The van der Waals surface area contributed by atoms with Crippen molar-refractivity contribution in [3.8, 4) is 0 Å². The van der Waals surface area contributed by atoms with Gasteiger partial charge < -0.3 is 15.4 Å². The Kier molecular flexibility index (Phi) is 8.49. The molecule has 0 aliphatic carbocycles. The highest BCUT2D eigenvalue weighted by molar-refractivity contribution is 8.00. The number of aryl methyl sites for hydroxylation is 4. The number of ether oxygens (including phenoxy) is 1. The molecule has 7 heteroatoms. The Morgan fingerprint density at radius 1 is 0.765 bits per heavy atom. The molecule has 0 aliphatic heterocycles. The maximum absolute atomic E-state index is 12.6. The standard InChI is InChI=1S/C27H28N2O4S/c1-17-9-11-22(19(3)13-17)28-25(30)15-33-27(32)21-7-5-6-8-24(21)34-16-26(31)29-23-12-10-18(2)14-20(23)4/h5-14H,15-16H2,1-4H3,(H,28,30)(H,29,31). The van der Waals surface area contributed by atoms with E-state index in [4.69, 9.17) is 4.74 Å². The highest BCUT2D eigenvalue weighted by Gasteiger charge is 2.16. The van der Waals surface area contributed by atoms with E-state index < -0.39 is 18.5 Å². The lowest BCUT2D eigenvalue weighted by Gasteiger charge is -2.12. The largest absolute Gasteiger partial charge is 0.452 e. The van der Waals surface area contributed by atoms with Crippen LogP contribution in [-0.2, 0) is 14.3 Å². The molecule has 2 N–H and O–H groups in total. The van der Waals surface area contributed by atoms with Crippen LogP contribution in [-0.4, -0.2) is 30.1 Å². The zero-order valence-corrected chi connectivity index (χ0v) is 20.5. The predicted octanol–water partition coefficient (Wildman–Crippen LogP) is 5.45. The van der Waals surface area contributed by atoms with Crippen molar-refractivity contribution in [1.29, 1.82) is 0 Å². The van der Waals surface area contributed by atoms with Crippen LogP contribution in [0.15, 0.2) is 65.6 Å². The minimum atomic E-state index is -0.617. The van der Waals surface area contributed by atoms with E-state index in [9.17, 15) is 14.4 Å². The van der Waals surface area contributed by atoms with Crippen molar-refractivity contribution in [2.24, 2.45) is 0 Å². The first-order valence-corrected chi connectivity index (χ1v) is 11.8. The average molecular weight is 477 g/mol. The van der Waals surface area contributed by atoms with Gasteiger partial charge in [0.1, 0.15) is 0 Å². The topological polar surface area (TPSA) is 84.5 Å². The van der Waals surface area contributed by atoms with E-state index in [1.54, 1.807) is 24.3 Å². The van der Waals surface area contributed by atoms with E-state index in [1.165, 1.54) is 11.8 Å². The summed E-state index contributed by atoms with van der Waals surface area (Å²) in [6, 6.07) is 18.4. The number of thioether (sulfide) groups is 1. The SMILES string of the molecule is Cc1ccc(NC(=O)COC(=O)c2ccccc2SCC(=O)Nc2ccc(C)cc2C)c(C)c1. The number of benzene rings is 3. The fraction of sp³-hybridized carbons (Fsp3) is 0.222. The lowest BCUT2D eigenvalue weighted by Crippen LogP contribution is -2.21. The molecule has 0 atom stereocenters. The van der Waals surface area contributed by atoms with Gasteiger partial charge in [-0.1, -0.05) is 47.5 Å². The molecule has 6 nitrogen and oxygen atoms in total. The normalized spacial score (nSPS) is 10.5. The summed E-state index contributed by atoms with van der Waals surface area (Å²) in [7, 11) is 0. The van der Waals surface area contributed by atoms with Gasteiger partial charge in [-0.3, -0.25) is 9.59 Å². The molecule has 3 aromatic carbocycles. The summed E-state index contributed by atoms with van der Waals surface area (Å²) in [6.07, 6.45) is 0. The molecule has 3 rings (SSSR count). The van der Waals surface area contributed by atoms with Gasteiger partial charge in [0.15, 0.2) is 6.61 Å². The van der Waals surface area contributed by atoms with Crippen LogP contribution in [0.4, 0.5) is 11.4 Å². The van der Waals surface area contributed by atoms with Crippen molar-refractivity contribution in [2.45, 2.75) is 32.6 Å². The summed E-state index contributed by atoms with van der Waals surface area (Å²) in [4.78, 5) is 37.9.